The van der Waals surface area contributed by atoms with Gasteiger partial charge in [0, 0.05) is 37.6 Å². The van der Waals surface area contributed by atoms with E-state index in [0.717, 1.165) is 37.4 Å². The lowest BCUT2D eigenvalue weighted by Gasteiger charge is -2.21. The molecule has 0 radical (unpaired) electrons. The molecule has 1 aliphatic rings. The number of nitrogens with one attached hydrogen (secondary N) is 1. The van der Waals surface area contributed by atoms with Gasteiger partial charge < -0.3 is 15.1 Å². The molecule has 1 saturated heterocycles. The van der Waals surface area contributed by atoms with Crippen LogP contribution in [0.4, 0.5) is 5.69 Å². The number of pyridine rings is 1. The molecule has 1 aromatic heterocycles. The van der Waals surface area contributed by atoms with Gasteiger partial charge in [-0.1, -0.05) is 0 Å². The van der Waals surface area contributed by atoms with Crippen LogP contribution in [0.25, 0.3) is 0 Å². The van der Waals surface area contributed by atoms with Crippen molar-refractivity contribution in [2.45, 2.75) is 26.3 Å². The number of nitrogens with zero attached hydrogens (tertiary/aromatic N) is 3. The molecule has 0 bridgehead atoms. The minimum atomic E-state index is 0.0813. The first-order chi connectivity index (χ1) is 9.52. The number of carbonyl (C=O) groups excluding carboxylic acids is 1. The van der Waals surface area contributed by atoms with Crippen molar-refractivity contribution in [1.29, 1.82) is 0 Å². The Kier molecular flexibility index (Phi) is 4.60. The lowest BCUT2D eigenvalue weighted by Crippen LogP contribution is -2.34. The van der Waals surface area contributed by atoms with Crippen LogP contribution in [0.1, 0.15) is 29.4 Å². The molecule has 1 fully saturated rings. The second-order valence-corrected chi connectivity index (χ2v) is 5.56. The average molecular weight is 276 g/mol. The Morgan fingerprint density at radius 3 is 2.90 bits per heavy atom. The third kappa shape index (κ3) is 3.10. The predicted octanol–water partition coefficient (Wildman–Crippen LogP) is 1.60. The molecule has 1 N–H and O–H groups in total. The van der Waals surface area contributed by atoms with Crippen LogP contribution in [-0.4, -0.2) is 60.5 Å². The molecular formula is C15H24N4O. The van der Waals surface area contributed by atoms with Gasteiger partial charge in [0.1, 0.15) is 0 Å². The molecular weight excluding hydrogens is 252 g/mol. The van der Waals surface area contributed by atoms with E-state index >= 15 is 0 Å². The van der Waals surface area contributed by atoms with E-state index in [9.17, 15) is 4.79 Å². The predicted molar refractivity (Wildman–Crippen MR) is 81.1 cm³/mol. The van der Waals surface area contributed by atoms with Gasteiger partial charge in [-0.05, 0) is 40.4 Å². The van der Waals surface area contributed by atoms with E-state index in [-0.39, 0.29) is 5.91 Å². The fourth-order valence-corrected chi connectivity index (χ4v) is 2.59. The first-order valence-corrected chi connectivity index (χ1v) is 7.19. The van der Waals surface area contributed by atoms with E-state index in [2.05, 4.69) is 29.3 Å². The van der Waals surface area contributed by atoms with Gasteiger partial charge in [-0.2, -0.15) is 0 Å². The van der Waals surface area contributed by atoms with Gasteiger partial charge in [0.15, 0.2) is 0 Å². The van der Waals surface area contributed by atoms with Crippen LogP contribution in [0.5, 0.6) is 0 Å². The normalized spacial score (nSPS) is 18.6. The van der Waals surface area contributed by atoms with Gasteiger partial charge >= 0.3 is 0 Å². The summed E-state index contributed by atoms with van der Waals surface area (Å²) in [6.07, 6.45) is 2.73. The summed E-state index contributed by atoms with van der Waals surface area (Å²) in [6, 6.07) is 2.40. The van der Waals surface area contributed by atoms with Gasteiger partial charge in [0.25, 0.3) is 5.91 Å². The van der Waals surface area contributed by atoms with Gasteiger partial charge in [0.05, 0.1) is 11.3 Å². The highest BCUT2D eigenvalue weighted by molar-refractivity contribution is 5.99. The summed E-state index contributed by atoms with van der Waals surface area (Å²) in [6.45, 7) is 6.38. The van der Waals surface area contributed by atoms with E-state index in [1.807, 2.05) is 24.8 Å². The van der Waals surface area contributed by atoms with E-state index < -0.39 is 0 Å². The molecule has 0 aliphatic carbocycles. The molecule has 0 spiro atoms. The summed E-state index contributed by atoms with van der Waals surface area (Å²) in [5.41, 5.74) is 2.49. The number of amides is 1. The van der Waals surface area contributed by atoms with Crippen molar-refractivity contribution in [1.82, 2.24) is 14.8 Å². The van der Waals surface area contributed by atoms with Crippen molar-refractivity contribution < 1.29 is 4.79 Å². The molecule has 110 valence electrons. The van der Waals surface area contributed by atoms with E-state index in [1.54, 1.807) is 6.20 Å². The van der Waals surface area contributed by atoms with E-state index in [4.69, 9.17) is 0 Å². The second kappa shape index (κ2) is 6.22. The average Bonchev–Trinajstić information content (AvgIpc) is 2.88. The Hall–Kier alpha value is -1.62. The summed E-state index contributed by atoms with van der Waals surface area (Å²) in [5, 5.41) is 3.26. The third-order valence-corrected chi connectivity index (χ3v) is 3.82. The molecule has 0 aromatic carbocycles. The van der Waals surface area contributed by atoms with Gasteiger partial charge in [-0.25, -0.2) is 0 Å². The zero-order valence-corrected chi connectivity index (χ0v) is 12.8. The maximum absolute atomic E-state index is 12.6. The Labute approximate surface area is 121 Å². The number of likely N-dealkylation sites (N-methyl/N-ethyl adjacent to an activating group) is 1. The molecule has 1 unspecified atom stereocenters. The maximum Gasteiger partial charge on any atom is 0.257 e. The van der Waals surface area contributed by atoms with Crippen LogP contribution in [0.15, 0.2) is 12.3 Å². The van der Waals surface area contributed by atoms with Crippen LogP contribution in [0, 0.1) is 6.92 Å². The van der Waals surface area contributed by atoms with Crippen molar-refractivity contribution in [2.24, 2.45) is 0 Å². The lowest BCUT2D eigenvalue weighted by atomic mass is 10.2. The number of aromatic nitrogens is 1. The van der Waals surface area contributed by atoms with Crippen molar-refractivity contribution >= 4 is 11.6 Å². The van der Waals surface area contributed by atoms with Crippen molar-refractivity contribution in [3.8, 4) is 0 Å². The van der Waals surface area contributed by atoms with E-state index in [1.165, 1.54) is 0 Å². The number of anilines is 1. The molecule has 1 amide bonds. The number of likely N-dealkylation sites (tertiary alicyclic amines) is 1. The number of hydrogen-bond donors (Lipinski definition) is 1. The number of carbonyl (C=O) groups is 1. The SMILES string of the molecule is CCNc1cc(C)ncc1C(=O)N1CCC(N(C)C)C1. The summed E-state index contributed by atoms with van der Waals surface area (Å²) < 4.78 is 0. The fourth-order valence-electron chi connectivity index (χ4n) is 2.59. The van der Waals surface area contributed by atoms with Crippen molar-refractivity contribution in [3.63, 3.8) is 0 Å². The summed E-state index contributed by atoms with van der Waals surface area (Å²) >= 11 is 0. The molecule has 5 nitrogen and oxygen atoms in total. The maximum atomic E-state index is 12.6. The second-order valence-electron chi connectivity index (χ2n) is 5.56. The summed E-state index contributed by atoms with van der Waals surface area (Å²) in [4.78, 5) is 21.0. The van der Waals surface area contributed by atoms with Gasteiger partial charge in [-0.3, -0.25) is 9.78 Å². The lowest BCUT2D eigenvalue weighted by molar-refractivity contribution is 0.0783. The zero-order valence-electron chi connectivity index (χ0n) is 12.8. The highest BCUT2D eigenvalue weighted by Crippen LogP contribution is 2.21. The Morgan fingerprint density at radius 2 is 2.30 bits per heavy atom. The third-order valence-electron chi connectivity index (χ3n) is 3.82. The fraction of sp³-hybridized carbons (Fsp3) is 0.600. The first-order valence-electron chi connectivity index (χ1n) is 7.19. The largest absolute Gasteiger partial charge is 0.385 e. The Morgan fingerprint density at radius 1 is 1.55 bits per heavy atom. The molecule has 1 atom stereocenters. The number of hydrogen-bond acceptors (Lipinski definition) is 4. The van der Waals surface area contributed by atoms with Crippen molar-refractivity contribution in [2.75, 3.05) is 39.0 Å². The molecule has 0 saturated carbocycles. The topological polar surface area (TPSA) is 48.5 Å². The Balaban J connectivity index is 2.17. The molecule has 1 aromatic rings. The van der Waals surface area contributed by atoms with Crippen molar-refractivity contribution in [3.05, 3.63) is 23.5 Å². The van der Waals surface area contributed by atoms with E-state index in [0.29, 0.717) is 11.6 Å². The number of rotatable bonds is 4. The van der Waals surface area contributed by atoms with Gasteiger partial charge in [-0.15, -0.1) is 0 Å². The molecule has 2 rings (SSSR count). The minimum absolute atomic E-state index is 0.0813. The highest BCUT2D eigenvalue weighted by Gasteiger charge is 2.29. The molecule has 5 heteroatoms. The Bertz CT molecular complexity index is 487. The van der Waals surface area contributed by atoms with Crippen LogP contribution in [-0.2, 0) is 0 Å². The van der Waals surface area contributed by atoms with Crippen LogP contribution in [0.2, 0.25) is 0 Å². The summed E-state index contributed by atoms with van der Waals surface area (Å²) in [7, 11) is 4.13. The molecule has 2 heterocycles. The minimum Gasteiger partial charge on any atom is -0.385 e. The monoisotopic (exact) mass is 276 g/mol. The van der Waals surface area contributed by atoms with Gasteiger partial charge in [0.2, 0.25) is 0 Å². The smallest absolute Gasteiger partial charge is 0.257 e. The zero-order chi connectivity index (χ0) is 14.7. The molecule has 20 heavy (non-hydrogen) atoms. The highest BCUT2D eigenvalue weighted by atomic mass is 16.2. The standard InChI is InChI=1S/C15H24N4O/c1-5-16-14-8-11(2)17-9-13(14)15(20)19-7-6-12(10-19)18(3)4/h8-9,12H,5-7,10H2,1-4H3,(H,16,17). The van der Waals surface area contributed by atoms with Crippen LogP contribution in [0.3, 0.4) is 0 Å². The number of aryl methyl sites for hydroxylation is 1. The van der Waals surface area contributed by atoms with Crippen LogP contribution < -0.4 is 5.32 Å². The molecule has 1 aliphatic heterocycles. The van der Waals surface area contributed by atoms with Crippen LogP contribution >= 0.6 is 0 Å². The first kappa shape index (κ1) is 14.8. The quantitative estimate of drug-likeness (QED) is 0.907. The summed E-state index contributed by atoms with van der Waals surface area (Å²) in [5.74, 6) is 0.0813.